The minimum absolute atomic E-state index is 0.0354. The van der Waals surface area contributed by atoms with Crippen LogP contribution in [0.5, 0.6) is 0 Å². The molecule has 2 aromatic heterocycles. The lowest BCUT2D eigenvalue weighted by Crippen LogP contribution is -2.07. The summed E-state index contributed by atoms with van der Waals surface area (Å²) in [7, 11) is 0. The summed E-state index contributed by atoms with van der Waals surface area (Å²) >= 11 is 0. The summed E-state index contributed by atoms with van der Waals surface area (Å²) in [5.41, 5.74) is 8.77. The number of nitrogens with two attached hydrogens (primary N) is 1. The third kappa shape index (κ3) is 1.95. The van der Waals surface area contributed by atoms with Crippen LogP contribution in [-0.4, -0.2) is 15.2 Å². The monoisotopic (exact) mass is 232 g/mol. The minimum atomic E-state index is -0.0354. The molecule has 0 fully saturated rings. The van der Waals surface area contributed by atoms with Gasteiger partial charge in [-0.2, -0.15) is 5.10 Å². The summed E-state index contributed by atoms with van der Waals surface area (Å²) in [6, 6.07) is 1.57. The molecular formula is C12H16N4O. The first-order chi connectivity index (χ1) is 8.00. The Bertz CT molecular complexity index is 595. The molecule has 0 radical (unpaired) electrons. The van der Waals surface area contributed by atoms with Crippen LogP contribution in [0.15, 0.2) is 17.1 Å². The van der Waals surface area contributed by atoms with Gasteiger partial charge in [0.2, 0.25) is 0 Å². The first-order valence-corrected chi connectivity index (χ1v) is 5.54. The molecule has 0 amide bonds. The average molecular weight is 232 g/mol. The maximum Gasteiger partial charge on any atom is 0.191 e. The minimum Gasteiger partial charge on any atom is -0.382 e. The van der Waals surface area contributed by atoms with E-state index in [1.807, 2.05) is 20.8 Å². The summed E-state index contributed by atoms with van der Waals surface area (Å²) in [6.45, 7) is 5.88. The SMILES string of the molecule is Cc1cc(=O)c(-c2[nH]nc(N)c2C(C)C)c[nH]1. The lowest BCUT2D eigenvalue weighted by Gasteiger charge is -2.07. The summed E-state index contributed by atoms with van der Waals surface area (Å²) in [4.78, 5) is 14.9. The van der Waals surface area contributed by atoms with Crippen molar-refractivity contribution in [2.75, 3.05) is 5.73 Å². The molecular weight excluding hydrogens is 216 g/mol. The molecule has 0 spiro atoms. The third-order valence-corrected chi connectivity index (χ3v) is 2.74. The van der Waals surface area contributed by atoms with Crippen molar-refractivity contribution in [1.82, 2.24) is 15.2 Å². The van der Waals surface area contributed by atoms with E-state index in [2.05, 4.69) is 15.2 Å². The highest BCUT2D eigenvalue weighted by Gasteiger charge is 2.17. The lowest BCUT2D eigenvalue weighted by molar-refractivity contribution is 0.873. The third-order valence-electron chi connectivity index (χ3n) is 2.74. The number of pyridine rings is 1. The predicted octanol–water partition coefficient (Wildman–Crippen LogP) is 1.78. The smallest absolute Gasteiger partial charge is 0.191 e. The fourth-order valence-electron chi connectivity index (χ4n) is 1.92. The maximum atomic E-state index is 11.9. The molecule has 0 atom stereocenters. The number of anilines is 1. The van der Waals surface area contributed by atoms with Crippen LogP contribution >= 0.6 is 0 Å². The van der Waals surface area contributed by atoms with Crippen LogP contribution < -0.4 is 11.2 Å². The number of aryl methyl sites for hydroxylation is 1. The Hall–Kier alpha value is -2.04. The van der Waals surface area contributed by atoms with Crippen molar-refractivity contribution in [3.63, 3.8) is 0 Å². The van der Waals surface area contributed by atoms with Crippen molar-refractivity contribution in [3.8, 4) is 11.3 Å². The van der Waals surface area contributed by atoms with E-state index in [4.69, 9.17) is 5.73 Å². The van der Waals surface area contributed by atoms with Crippen molar-refractivity contribution in [3.05, 3.63) is 33.7 Å². The fraction of sp³-hybridized carbons (Fsp3) is 0.333. The van der Waals surface area contributed by atoms with Crippen LogP contribution in [0, 0.1) is 6.92 Å². The molecule has 5 nitrogen and oxygen atoms in total. The van der Waals surface area contributed by atoms with Crippen LogP contribution in [0.2, 0.25) is 0 Å². The topological polar surface area (TPSA) is 87.6 Å². The number of hydrogen-bond donors (Lipinski definition) is 3. The van der Waals surface area contributed by atoms with Crippen molar-refractivity contribution < 1.29 is 0 Å². The summed E-state index contributed by atoms with van der Waals surface area (Å²) in [5, 5.41) is 6.81. The molecule has 0 unspecified atom stereocenters. The van der Waals surface area contributed by atoms with Gasteiger partial charge in [0.05, 0.1) is 11.3 Å². The molecule has 0 aromatic carbocycles. The van der Waals surface area contributed by atoms with E-state index in [1.165, 1.54) is 0 Å². The molecule has 4 N–H and O–H groups in total. The second-order valence-electron chi connectivity index (χ2n) is 4.45. The van der Waals surface area contributed by atoms with E-state index in [-0.39, 0.29) is 11.3 Å². The number of H-pyrrole nitrogens is 2. The van der Waals surface area contributed by atoms with E-state index in [1.54, 1.807) is 12.3 Å². The molecule has 0 saturated carbocycles. The van der Waals surface area contributed by atoms with Gasteiger partial charge in [0.15, 0.2) is 5.43 Å². The molecule has 5 heteroatoms. The van der Waals surface area contributed by atoms with Crippen LogP contribution in [0.1, 0.15) is 31.0 Å². The van der Waals surface area contributed by atoms with Gasteiger partial charge in [-0.05, 0) is 12.8 Å². The molecule has 2 rings (SSSR count). The van der Waals surface area contributed by atoms with Gasteiger partial charge < -0.3 is 10.7 Å². The second kappa shape index (κ2) is 4.08. The number of nitrogens with zero attached hydrogens (tertiary/aromatic N) is 1. The maximum absolute atomic E-state index is 11.9. The molecule has 0 aliphatic carbocycles. The van der Waals surface area contributed by atoms with Crippen molar-refractivity contribution in [1.29, 1.82) is 0 Å². The van der Waals surface area contributed by atoms with E-state index in [0.717, 1.165) is 11.3 Å². The molecule has 2 aromatic rings. The van der Waals surface area contributed by atoms with Crippen LogP contribution in [-0.2, 0) is 0 Å². The predicted molar refractivity (Wildman–Crippen MR) is 67.9 cm³/mol. The van der Waals surface area contributed by atoms with Gasteiger partial charge >= 0.3 is 0 Å². The van der Waals surface area contributed by atoms with Crippen molar-refractivity contribution in [2.45, 2.75) is 26.7 Å². The highest BCUT2D eigenvalue weighted by atomic mass is 16.1. The van der Waals surface area contributed by atoms with E-state index < -0.39 is 0 Å². The number of nitrogens with one attached hydrogen (secondary N) is 2. The van der Waals surface area contributed by atoms with E-state index >= 15 is 0 Å². The zero-order chi connectivity index (χ0) is 12.6. The number of aromatic amines is 2. The van der Waals surface area contributed by atoms with E-state index in [0.29, 0.717) is 17.1 Å². The van der Waals surface area contributed by atoms with Gasteiger partial charge in [-0.1, -0.05) is 13.8 Å². The molecule has 0 aliphatic rings. The van der Waals surface area contributed by atoms with Gasteiger partial charge in [-0.3, -0.25) is 9.89 Å². The van der Waals surface area contributed by atoms with E-state index in [9.17, 15) is 4.79 Å². The Kier molecular flexibility index (Phi) is 2.75. The quantitative estimate of drug-likeness (QED) is 0.737. The molecule has 17 heavy (non-hydrogen) atoms. The largest absolute Gasteiger partial charge is 0.382 e. The van der Waals surface area contributed by atoms with Crippen LogP contribution in [0.4, 0.5) is 5.82 Å². The zero-order valence-electron chi connectivity index (χ0n) is 10.2. The second-order valence-corrected chi connectivity index (χ2v) is 4.45. The normalized spacial score (nSPS) is 11.1. The zero-order valence-corrected chi connectivity index (χ0v) is 10.2. The first-order valence-electron chi connectivity index (χ1n) is 5.54. The van der Waals surface area contributed by atoms with Crippen LogP contribution in [0.3, 0.4) is 0 Å². The molecule has 0 saturated heterocycles. The lowest BCUT2D eigenvalue weighted by atomic mass is 9.99. The van der Waals surface area contributed by atoms with Crippen molar-refractivity contribution >= 4 is 5.82 Å². The van der Waals surface area contributed by atoms with Gasteiger partial charge in [0.1, 0.15) is 5.82 Å². The number of aromatic nitrogens is 3. The number of nitrogen functional groups attached to an aromatic ring is 1. The highest BCUT2D eigenvalue weighted by Crippen LogP contribution is 2.29. The Labute approximate surface area is 99.1 Å². The Morgan fingerprint density at radius 2 is 2.12 bits per heavy atom. The number of rotatable bonds is 2. The Morgan fingerprint density at radius 3 is 2.71 bits per heavy atom. The van der Waals surface area contributed by atoms with Gasteiger partial charge in [-0.15, -0.1) is 0 Å². The summed E-state index contributed by atoms with van der Waals surface area (Å²) < 4.78 is 0. The van der Waals surface area contributed by atoms with Gasteiger partial charge in [-0.25, -0.2) is 0 Å². The van der Waals surface area contributed by atoms with Gasteiger partial charge in [0.25, 0.3) is 0 Å². The van der Waals surface area contributed by atoms with Gasteiger partial charge in [0, 0.05) is 23.5 Å². The molecule has 0 aliphatic heterocycles. The Morgan fingerprint density at radius 1 is 1.41 bits per heavy atom. The Balaban J connectivity index is 2.65. The van der Waals surface area contributed by atoms with Crippen LogP contribution in [0.25, 0.3) is 11.3 Å². The average Bonchev–Trinajstić information content (AvgIpc) is 2.60. The fourth-order valence-corrected chi connectivity index (χ4v) is 1.92. The first kappa shape index (κ1) is 11.4. The molecule has 90 valence electrons. The van der Waals surface area contributed by atoms with Crippen molar-refractivity contribution in [2.24, 2.45) is 0 Å². The standard InChI is InChI=1S/C12H16N4O/c1-6(2)10-11(15-16-12(10)13)8-5-14-7(3)4-9(8)17/h4-6H,1-3H3,(H,14,17)(H3,13,15,16). The summed E-state index contributed by atoms with van der Waals surface area (Å²) in [5.74, 6) is 0.666. The molecule has 0 bridgehead atoms. The summed E-state index contributed by atoms with van der Waals surface area (Å²) in [6.07, 6.45) is 1.69. The molecule has 2 heterocycles. The number of hydrogen-bond acceptors (Lipinski definition) is 3. The highest BCUT2D eigenvalue weighted by molar-refractivity contribution is 5.68.